The summed E-state index contributed by atoms with van der Waals surface area (Å²) in [7, 11) is 0. The Kier molecular flexibility index (Phi) is 9.38. The highest BCUT2D eigenvalue weighted by Crippen LogP contribution is 2.34. The van der Waals surface area contributed by atoms with E-state index in [2.05, 4.69) is 62.9 Å². The second-order valence-electron chi connectivity index (χ2n) is 10.4. The molecule has 2 amide bonds. The number of ether oxygens (including phenoxy) is 1. The molecule has 0 saturated carbocycles. The molecule has 0 spiro atoms. The molecular formula is C32H31F3N6O2S. The average Bonchev–Trinajstić information content (AvgIpc) is 3.48. The number of alkyl halides is 3. The number of halogens is 3. The molecule has 5 rings (SSSR count). The standard InChI is InChI=1S/C32H31F3N6O2S/c1-21(2)27-6-4-5-7-28(27)41-22(3)17-19-44-31(41)38-30(42)36-18-16-23-8-10-24(11-9-23)29-37-20-40(39-29)25-12-14-26(15-13-25)43-32(33,34)35/h4-16,18,20-22H,17,19H2,1-3H3,(H,36,42)/b18-16+,38-31?. The average molecular weight is 621 g/mol. The van der Waals surface area contributed by atoms with Crippen LogP contribution < -0.4 is 15.0 Å². The van der Waals surface area contributed by atoms with Gasteiger partial charge in [0.25, 0.3) is 0 Å². The number of hydrogen-bond donors (Lipinski definition) is 1. The fourth-order valence-corrected chi connectivity index (χ4v) is 5.93. The summed E-state index contributed by atoms with van der Waals surface area (Å²) >= 11 is 1.58. The van der Waals surface area contributed by atoms with E-state index >= 15 is 0 Å². The van der Waals surface area contributed by atoms with Gasteiger partial charge in [-0.25, -0.2) is 14.5 Å². The Labute approximate surface area is 257 Å². The van der Waals surface area contributed by atoms with Gasteiger partial charge in [0.1, 0.15) is 12.1 Å². The van der Waals surface area contributed by atoms with Gasteiger partial charge in [-0.15, -0.1) is 18.3 Å². The van der Waals surface area contributed by atoms with Crippen LogP contribution in [-0.2, 0) is 0 Å². The molecule has 8 nitrogen and oxygen atoms in total. The molecule has 2 heterocycles. The second-order valence-corrected chi connectivity index (χ2v) is 11.5. The van der Waals surface area contributed by atoms with E-state index in [0.717, 1.165) is 29.0 Å². The lowest BCUT2D eigenvalue weighted by Gasteiger charge is -2.37. The number of hydrogen-bond acceptors (Lipinski definition) is 5. The summed E-state index contributed by atoms with van der Waals surface area (Å²) in [5, 5.41) is 7.85. The first-order valence-electron chi connectivity index (χ1n) is 14.0. The molecule has 0 radical (unpaired) electrons. The van der Waals surface area contributed by atoms with Crippen LogP contribution in [0.1, 0.15) is 44.2 Å². The predicted octanol–water partition coefficient (Wildman–Crippen LogP) is 8.02. The number of aliphatic imine (C=N–C) groups is 1. The summed E-state index contributed by atoms with van der Waals surface area (Å²) in [4.78, 5) is 23.7. The van der Waals surface area contributed by atoms with Gasteiger partial charge in [0, 0.05) is 29.2 Å². The molecule has 4 aromatic rings. The van der Waals surface area contributed by atoms with Gasteiger partial charge in [-0.2, -0.15) is 4.99 Å². The summed E-state index contributed by atoms with van der Waals surface area (Å²) < 4.78 is 42.6. The number of anilines is 1. The molecule has 1 N–H and O–H groups in total. The van der Waals surface area contributed by atoms with E-state index in [4.69, 9.17) is 0 Å². The van der Waals surface area contributed by atoms with Crippen molar-refractivity contribution in [2.75, 3.05) is 10.7 Å². The van der Waals surface area contributed by atoms with Crippen LogP contribution in [0.2, 0.25) is 0 Å². The molecule has 1 aliphatic heterocycles. The number of carbonyl (C=O) groups excluding carboxylic acids is 1. The van der Waals surface area contributed by atoms with Gasteiger partial charge in [-0.1, -0.05) is 68.1 Å². The van der Waals surface area contributed by atoms with Crippen LogP contribution in [-0.4, -0.2) is 44.1 Å². The Morgan fingerprint density at radius 1 is 1.09 bits per heavy atom. The van der Waals surface area contributed by atoms with E-state index in [-0.39, 0.29) is 11.8 Å². The first-order chi connectivity index (χ1) is 21.1. The third-order valence-electron chi connectivity index (χ3n) is 6.91. The SMILES string of the molecule is CC(C)c1ccccc1N1C(=NC(=O)N/C=C/c2ccc(-c3ncn(-c4ccc(OC(F)(F)F)cc4)n3)cc2)SCCC1C. The molecule has 1 unspecified atom stereocenters. The number of benzene rings is 3. The van der Waals surface area contributed by atoms with Crippen LogP contribution in [0.15, 0.2) is 90.3 Å². The van der Waals surface area contributed by atoms with Gasteiger partial charge >= 0.3 is 12.4 Å². The Hall–Kier alpha value is -4.58. The van der Waals surface area contributed by atoms with Crippen molar-refractivity contribution in [3.05, 3.63) is 96.5 Å². The van der Waals surface area contributed by atoms with Crippen LogP contribution >= 0.6 is 11.8 Å². The summed E-state index contributed by atoms with van der Waals surface area (Å²) in [6.07, 6.45) is 1.05. The fraction of sp³-hybridized carbons (Fsp3) is 0.250. The number of rotatable bonds is 7. The van der Waals surface area contributed by atoms with Crippen LogP contribution in [0, 0.1) is 0 Å². The normalized spacial score (nSPS) is 16.6. The van der Waals surface area contributed by atoms with E-state index in [9.17, 15) is 18.0 Å². The third-order valence-corrected chi connectivity index (χ3v) is 7.89. The minimum absolute atomic E-state index is 0.219. The maximum Gasteiger partial charge on any atom is 0.573 e. The number of aromatic nitrogens is 3. The van der Waals surface area contributed by atoms with E-state index in [1.54, 1.807) is 24.0 Å². The van der Waals surface area contributed by atoms with E-state index in [0.29, 0.717) is 22.6 Å². The van der Waals surface area contributed by atoms with Crippen LogP contribution in [0.4, 0.5) is 23.7 Å². The molecule has 228 valence electrons. The minimum Gasteiger partial charge on any atom is -0.406 e. The highest BCUT2D eigenvalue weighted by molar-refractivity contribution is 8.14. The van der Waals surface area contributed by atoms with Gasteiger partial charge < -0.3 is 15.0 Å². The van der Waals surface area contributed by atoms with Gasteiger partial charge in [0.15, 0.2) is 11.0 Å². The smallest absolute Gasteiger partial charge is 0.406 e. The largest absolute Gasteiger partial charge is 0.573 e. The summed E-state index contributed by atoms with van der Waals surface area (Å²) in [6.45, 7) is 6.48. The van der Waals surface area contributed by atoms with Gasteiger partial charge in [0.05, 0.1) is 5.69 Å². The molecule has 12 heteroatoms. The Morgan fingerprint density at radius 2 is 1.82 bits per heavy atom. The van der Waals surface area contributed by atoms with E-state index < -0.39 is 12.4 Å². The first kappa shape index (κ1) is 30.9. The topological polar surface area (TPSA) is 84.6 Å². The molecule has 1 aliphatic rings. The lowest BCUT2D eigenvalue weighted by Crippen LogP contribution is -2.42. The number of carbonyl (C=O) groups is 1. The minimum atomic E-state index is -4.75. The summed E-state index contributed by atoms with van der Waals surface area (Å²) in [5.41, 5.74) is 4.42. The molecular weight excluding hydrogens is 589 g/mol. The monoisotopic (exact) mass is 620 g/mol. The van der Waals surface area contributed by atoms with Crippen LogP contribution in [0.5, 0.6) is 5.75 Å². The van der Waals surface area contributed by atoms with E-state index in [1.807, 2.05) is 36.4 Å². The quantitative estimate of drug-likeness (QED) is 0.225. The summed E-state index contributed by atoms with van der Waals surface area (Å²) in [6, 6.07) is 20.8. The van der Waals surface area contributed by atoms with Crippen molar-refractivity contribution in [2.24, 2.45) is 4.99 Å². The van der Waals surface area contributed by atoms with Gasteiger partial charge in [0.2, 0.25) is 0 Å². The number of amidine groups is 1. The molecule has 3 aromatic carbocycles. The van der Waals surface area contributed by atoms with Gasteiger partial charge in [-0.05, 0) is 66.8 Å². The van der Waals surface area contributed by atoms with Crippen molar-refractivity contribution in [1.29, 1.82) is 0 Å². The number of nitrogens with one attached hydrogen (secondary N) is 1. The molecule has 1 saturated heterocycles. The zero-order valence-corrected chi connectivity index (χ0v) is 25.1. The van der Waals surface area contributed by atoms with Crippen molar-refractivity contribution >= 4 is 34.7 Å². The zero-order chi connectivity index (χ0) is 31.3. The van der Waals surface area contributed by atoms with Crippen molar-refractivity contribution in [1.82, 2.24) is 20.1 Å². The van der Waals surface area contributed by atoms with Gasteiger partial charge in [-0.3, -0.25) is 0 Å². The third kappa shape index (κ3) is 7.67. The lowest BCUT2D eigenvalue weighted by molar-refractivity contribution is -0.274. The molecule has 1 aromatic heterocycles. The van der Waals surface area contributed by atoms with Crippen molar-refractivity contribution in [3.63, 3.8) is 0 Å². The number of thioether (sulfide) groups is 1. The molecule has 0 bridgehead atoms. The highest BCUT2D eigenvalue weighted by Gasteiger charge is 2.31. The second kappa shape index (κ2) is 13.4. The summed E-state index contributed by atoms with van der Waals surface area (Å²) in [5.74, 6) is 1.36. The number of nitrogens with zero attached hydrogens (tertiary/aromatic N) is 5. The fourth-order valence-electron chi connectivity index (χ4n) is 4.72. The maximum atomic E-state index is 12.8. The molecule has 44 heavy (non-hydrogen) atoms. The first-order valence-corrected chi connectivity index (χ1v) is 15.0. The van der Waals surface area contributed by atoms with Crippen molar-refractivity contribution in [2.45, 2.75) is 45.5 Å². The Bertz CT molecular complexity index is 1650. The molecule has 1 fully saturated rings. The number of amides is 2. The predicted molar refractivity (Wildman–Crippen MR) is 168 cm³/mol. The zero-order valence-electron chi connectivity index (χ0n) is 24.3. The Balaban J connectivity index is 1.22. The highest BCUT2D eigenvalue weighted by atomic mass is 32.2. The lowest BCUT2D eigenvalue weighted by atomic mass is 9.99. The molecule has 0 aliphatic carbocycles. The van der Waals surface area contributed by atoms with Crippen LogP contribution in [0.3, 0.4) is 0 Å². The maximum absolute atomic E-state index is 12.8. The van der Waals surface area contributed by atoms with Crippen molar-refractivity contribution < 1.29 is 22.7 Å². The van der Waals surface area contributed by atoms with Crippen LogP contribution in [0.25, 0.3) is 23.2 Å². The van der Waals surface area contributed by atoms with Crippen molar-refractivity contribution in [3.8, 4) is 22.8 Å². The van der Waals surface area contributed by atoms with E-state index in [1.165, 1.54) is 40.8 Å². The number of para-hydroxylation sites is 1. The molecule has 1 atom stereocenters. The Morgan fingerprint density at radius 3 is 2.52 bits per heavy atom. The number of urea groups is 1.